The van der Waals surface area contributed by atoms with Crippen LogP contribution in [-0.4, -0.2) is 13.1 Å². The molecule has 1 aliphatic rings. The number of nitrogens with one attached hydrogen (secondary N) is 1. The Morgan fingerprint density at radius 1 is 1.14 bits per heavy atom. The molecule has 0 saturated carbocycles. The van der Waals surface area contributed by atoms with Crippen LogP contribution in [0.5, 0.6) is 0 Å². The van der Waals surface area contributed by atoms with Crippen molar-refractivity contribution in [2.24, 2.45) is 0 Å². The average Bonchev–Trinajstić information content (AvgIpc) is 2.39. The zero-order chi connectivity index (χ0) is 10.1. The Balaban J connectivity index is 2.57. The molecule has 0 spiro atoms. The van der Waals surface area contributed by atoms with Gasteiger partial charge >= 0.3 is 0 Å². The number of fused-ring (bicyclic) bond motifs is 1. The van der Waals surface area contributed by atoms with E-state index in [4.69, 9.17) is 0 Å². The van der Waals surface area contributed by atoms with Crippen LogP contribution < -0.4 is 5.32 Å². The molecular weight excluding hydrogens is 238 g/mol. The standard InChI is InChI=1S/C12H16BrN/c1-8-7-12(13)11-4-6-14-5-3-10(11)9(8)2/h7,14H,3-6H2,1-2H3. The maximum absolute atomic E-state index is 3.67. The zero-order valence-electron chi connectivity index (χ0n) is 8.78. The Morgan fingerprint density at radius 2 is 1.79 bits per heavy atom. The van der Waals surface area contributed by atoms with Crippen molar-refractivity contribution in [2.75, 3.05) is 13.1 Å². The second-order valence-corrected chi connectivity index (χ2v) is 4.86. The van der Waals surface area contributed by atoms with Gasteiger partial charge in [0.15, 0.2) is 0 Å². The van der Waals surface area contributed by atoms with Gasteiger partial charge in [-0.2, -0.15) is 0 Å². The molecule has 0 amide bonds. The maximum atomic E-state index is 3.67. The van der Waals surface area contributed by atoms with Crippen LogP contribution in [0, 0.1) is 13.8 Å². The smallest absolute Gasteiger partial charge is 0.0213 e. The van der Waals surface area contributed by atoms with Crippen LogP contribution in [-0.2, 0) is 12.8 Å². The molecule has 0 aliphatic carbocycles. The zero-order valence-corrected chi connectivity index (χ0v) is 10.4. The van der Waals surface area contributed by atoms with Gasteiger partial charge in [0, 0.05) is 4.47 Å². The van der Waals surface area contributed by atoms with Crippen LogP contribution >= 0.6 is 15.9 Å². The lowest BCUT2D eigenvalue weighted by atomic mass is 9.94. The van der Waals surface area contributed by atoms with Crippen molar-refractivity contribution in [1.82, 2.24) is 5.32 Å². The summed E-state index contributed by atoms with van der Waals surface area (Å²) in [5.41, 5.74) is 5.95. The maximum Gasteiger partial charge on any atom is 0.0213 e. The highest BCUT2D eigenvalue weighted by atomic mass is 79.9. The van der Waals surface area contributed by atoms with Gasteiger partial charge in [0.1, 0.15) is 0 Å². The third-order valence-electron chi connectivity index (χ3n) is 3.14. The molecule has 0 bridgehead atoms. The number of halogens is 1. The highest BCUT2D eigenvalue weighted by Crippen LogP contribution is 2.28. The first-order chi connectivity index (χ1) is 6.70. The minimum Gasteiger partial charge on any atom is -0.316 e. The van der Waals surface area contributed by atoms with Gasteiger partial charge in [0.05, 0.1) is 0 Å². The van der Waals surface area contributed by atoms with Gasteiger partial charge in [-0.05, 0) is 68.1 Å². The quantitative estimate of drug-likeness (QED) is 0.750. The van der Waals surface area contributed by atoms with Crippen molar-refractivity contribution in [1.29, 1.82) is 0 Å². The van der Waals surface area contributed by atoms with E-state index in [2.05, 4.69) is 41.2 Å². The molecular formula is C12H16BrN. The molecule has 2 rings (SSSR count). The van der Waals surface area contributed by atoms with Gasteiger partial charge in [0.2, 0.25) is 0 Å². The summed E-state index contributed by atoms with van der Waals surface area (Å²) in [5, 5.41) is 3.45. The van der Waals surface area contributed by atoms with E-state index in [9.17, 15) is 0 Å². The van der Waals surface area contributed by atoms with Crippen LogP contribution in [0.3, 0.4) is 0 Å². The van der Waals surface area contributed by atoms with Crippen LogP contribution in [0.15, 0.2) is 10.5 Å². The van der Waals surface area contributed by atoms with E-state index in [1.165, 1.54) is 27.6 Å². The molecule has 0 aromatic heterocycles. The van der Waals surface area contributed by atoms with Crippen LogP contribution in [0.25, 0.3) is 0 Å². The van der Waals surface area contributed by atoms with Gasteiger partial charge in [-0.3, -0.25) is 0 Å². The lowest BCUT2D eigenvalue weighted by molar-refractivity contribution is 0.710. The minimum absolute atomic E-state index is 1.11. The molecule has 1 aromatic carbocycles. The van der Waals surface area contributed by atoms with Gasteiger partial charge in [-0.25, -0.2) is 0 Å². The SMILES string of the molecule is Cc1cc(Br)c2c(c1C)CCNCC2. The molecule has 0 saturated heterocycles. The van der Waals surface area contributed by atoms with Gasteiger partial charge < -0.3 is 5.32 Å². The lowest BCUT2D eigenvalue weighted by Gasteiger charge is -2.13. The monoisotopic (exact) mass is 253 g/mol. The van der Waals surface area contributed by atoms with Gasteiger partial charge in [-0.15, -0.1) is 0 Å². The second-order valence-electron chi connectivity index (χ2n) is 4.01. The average molecular weight is 254 g/mol. The second kappa shape index (κ2) is 4.03. The van der Waals surface area contributed by atoms with Crippen molar-refractivity contribution in [3.63, 3.8) is 0 Å². The fourth-order valence-electron chi connectivity index (χ4n) is 2.15. The molecule has 0 radical (unpaired) electrons. The van der Waals surface area contributed by atoms with Crippen molar-refractivity contribution in [2.45, 2.75) is 26.7 Å². The fourth-order valence-corrected chi connectivity index (χ4v) is 2.94. The Bertz CT molecular complexity index is 358. The number of benzene rings is 1. The third kappa shape index (κ3) is 1.73. The number of hydrogen-bond acceptors (Lipinski definition) is 1. The summed E-state index contributed by atoms with van der Waals surface area (Å²) < 4.78 is 1.29. The summed E-state index contributed by atoms with van der Waals surface area (Å²) in [4.78, 5) is 0. The molecule has 1 N–H and O–H groups in total. The molecule has 1 nitrogen and oxygen atoms in total. The molecule has 1 heterocycles. The van der Waals surface area contributed by atoms with Crippen LogP contribution in [0.1, 0.15) is 22.3 Å². The Kier molecular flexibility index (Phi) is 2.93. The number of rotatable bonds is 0. The largest absolute Gasteiger partial charge is 0.316 e. The first-order valence-electron chi connectivity index (χ1n) is 5.18. The number of hydrogen-bond donors (Lipinski definition) is 1. The van der Waals surface area contributed by atoms with E-state index in [1.54, 1.807) is 5.56 Å². The molecule has 1 aliphatic heterocycles. The van der Waals surface area contributed by atoms with E-state index >= 15 is 0 Å². The predicted octanol–water partition coefficient (Wildman–Crippen LogP) is 2.75. The Morgan fingerprint density at radius 3 is 2.50 bits per heavy atom. The minimum atomic E-state index is 1.11. The van der Waals surface area contributed by atoms with Crippen molar-refractivity contribution >= 4 is 15.9 Å². The lowest BCUT2D eigenvalue weighted by Crippen LogP contribution is -2.16. The van der Waals surface area contributed by atoms with Crippen LogP contribution in [0.2, 0.25) is 0 Å². The fraction of sp³-hybridized carbons (Fsp3) is 0.500. The summed E-state index contributed by atoms with van der Waals surface area (Å²) in [5.74, 6) is 0. The summed E-state index contributed by atoms with van der Waals surface area (Å²) in [6.45, 7) is 6.66. The summed E-state index contributed by atoms with van der Waals surface area (Å²) in [6, 6.07) is 2.25. The Hall–Kier alpha value is -0.340. The molecule has 0 unspecified atom stereocenters. The highest BCUT2D eigenvalue weighted by molar-refractivity contribution is 9.10. The van der Waals surface area contributed by atoms with E-state index in [1.807, 2.05) is 0 Å². The van der Waals surface area contributed by atoms with Gasteiger partial charge in [-0.1, -0.05) is 15.9 Å². The van der Waals surface area contributed by atoms with E-state index < -0.39 is 0 Å². The van der Waals surface area contributed by atoms with Crippen molar-refractivity contribution in [3.05, 3.63) is 32.8 Å². The predicted molar refractivity (Wildman–Crippen MR) is 63.9 cm³/mol. The molecule has 2 heteroatoms. The molecule has 76 valence electrons. The van der Waals surface area contributed by atoms with E-state index in [-0.39, 0.29) is 0 Å². The summed E-state index contributed by atoms with van der Waals surface area (Å²) >= 11 is 3.67. The molecule has 14 heavy (non-hydrogen) atoms. The molecule has 1 aromatic rings. The number of aryl methyl sites for hydroxylation is 1. The Labute approximate surface area is 94.0 Å². The summed E-state index contributed by atoms with van der Waals surface area (Å²) in [7, 11) is 0. The molecule has 0 atom stereocenters. The van der Waals surface area contributed by atoms with E-state index in [0.717, 1.165) is 19.5 Å². The normalized spacial score (nSPS) is 16.2. The van der Waals surface area contributed by atoms with Crippen LogP contribution in [0.4, 0.5) is 0 Å². The first kappa shape index (κ1) is 10.2. The van der Waals surface area contributed by atoms with E-state index in [0.29, 0.717) is 0 Å². The van der Waals surface area contributed by atoms with Gasteiger partial charge in [0.25, 0.3) is 0 Å². The third-order valence-corrected chi connectivity index (χ3v) is 3.85. The summed E-state index contributed by atoms with van der Waals surface area (Å²) in [6.07, 6.45) is 2.32. The molecule has 0 fully saturated rings. The van der Waals surface area contributed by atoms with Crippen molar-refractivity contribution < 1.29 is 0 Å². The first-order valence-corrected chi connectivity index (χ1v) is 5.97. The van der Waals surface area contributed by atoms with Crippen molar-refractivity contribution in [3.8, 4) is 0 Å². The topological polar surface area (TPSA) is 12.0 Å². The highest BCUT2D eigenvalue weighted by Gasteiger charge is 2.14.